The van der Waals surface area contributed by atoms with Gasteiger partial charge in [-0.05, 0) is 25.3 Å². The van der Waals surface area contributed by atoms with Crippen LogP contribution in [0.1, 0.15) is 24.0 Å². The van der Waals surface area contributed by atoms with Crippen LogP contribution >= 0.6 is 0 Å². The molecule has 2 rings (SSSR count). The van der Waals surface area contributed by atoms with Gasteiger partial charge in [0.2, 0.25) is 0 Å². The molecule has 0 heterocycles. The van der Waals surface area contributed by atoms with Crippen molar-refractivity contribution in [1.29, 1.82) is 0 Å². The van der Waals surface area contributed by atoms with Crippen molar-refractivity contribution in [2.24, 2.45) is 5.73 Å². The maximum Gasteiger partial charge on any atom is 0.272 e. The standard InChI is InChI=1S/C11H14N2O3/c1-7-2-3-8(4-10(7)13(15)16)11(12)5-9(14)6-11/h2-4,9,14H,5-6,12H2,1H3. The van der Waals surface area contributed by atoms with Crippen LogP contribution < -0.4 is 5.73 Å². The molecule has 5 nitrogen and oxygen atoms in total. The van der Waals surface area contributed by atoms with Gasteiger partial charge in [-0.2, -0.15) is 0 Å². The Labute approximate surface area is 93.0 Å². The van der Waals surface area contributed by atoms with Crippen molar-refractivity contribution in [2.45, 2.75) is 31.4 Å². The molecule has 0 aromatic heterocycles. The number of rotatable bonds is 2. The second-order valence-corrected chi connectivity index (χ2v) is 4.48. The van der Waals surface area contributed by atoms with Crippen LogP contribution in [0.4, 0.5) is 5.69 Å². The monoisotopic (exact) mass is 222 g/mol. The molecule has 0 saturated heterocycles. The number of nitro groups is 1. The molecule has 1 aliphatic carbocycles. The summed E-state index contributed by atoms with van der Waals surface area (Å²) < 4.78 is 0. The number of benzene rings is 1. The fraction of sp³-hybridized carbons (Fsp3) is 0.455. The first kappa shape index (κ1) is 11.0. The van der Waals surface area contributed by atoms with Crippen LogP contribution in [-0.4, -0.2) is 16.1 Å². The number of hydrogen-bond acceptors (Lipinski definition) is 4. The van der Waals surface area contributed by atoms with Crippen molar-refractivity contribution in [1.82, 2.24) is 0 Å². The van der Waals surface area contributed by atoms with E-state index in [1.165, 1.54) is 6.07 Å². The number of nitrogens with two attached hydrogens (primary N) is 1. The minimum atomic E-state index is -0.599. The van der Waals surface area contributed by atoms with Gasteiger partial charge in [0.15, 0.2) is 0 Å². The molecular formula is C11H14N2O3. The summed E-state index contributed by atoms with van der Waals surface area (Å²) in [5.74, 6) is 0. The quantitative estimate of drug-likeness (QED) is 0.581. The molecule has 0 atom stereocenters. The predicted molar refractivity (Wildman–Crippen MR) is 58.9 cm³/mol. The van der Waals surface area contributed by atoms with Gasteiger partial charge in [0.05, 0.1) is 11.0 Å². The molecule has 3 N–H and O–H groups in total. The lowest BCUT2D eigenvalue weighted by Crippen LogP contribution is -2.51. The first-order valence-corrected chi connectivity index (χ1v) is 5.15. The van der Waals surface area contributed by atoms with Crippen LogP contribution in [0.5, 0.6) is 0 Å². The van der Waals surface area contributed by atoms with Gasteiger partial charge >= 0.3 is 0 Å². The summed E-state index contributed by atoms with van der Waals surface area (Å²) in [4.78, 5) is 10.4. The number of hydrogen-bond donors (Lipinski definition) is 2. The average Bonchev–Trinajstić information content (AvgIpc) is 2.15. The lowest BCUT2D eigenvalue weighted by molar-refractivity contribution is -0.385. The van der Waals surface area contributed by atoms with Gasteiger partial charge in [0.25, 0.3) is 5.69 Å². The SMILES string of the molecule is Cc1ccc(C2(N)CC(O)C2)cc1[N+](=O)[O-]. The van der Waals surface area contributed by atoms with Gasteiger partial charge in [0.1, 0.15) is 0 Å². The fourth-order valence-corrected chi connectivity index (χ4v) is 2.13. The first-order valence-electron chi connectivity index (χ1n) is 5.15. The number of aliphatic hydroxyl groups excluding tert-OH is 1. The topological polar surface area (TPSA) is 89.4 Å². The lowest BCUT2D eigenvalue weighted by atomic mass is 9.70. The van der Waals surface area contributed by atoms with Crippen molar-refractivity contribution in [3.05, 3.63) is 39.4 Å². The molecule has 1 aromatic rings. The molecule has 16 heavy (non-hydrogen) atoms. The average molecular weight is 222 g/mol. The normalized spacial score (nSPS) is 28.6. The molecule has 0 spiro atoms. The number of nitrogens with zero attached hydrogens (tertiary/aromatic N) is 1. The van der Waals surface area contributed by atoms with Gasteiger partial charge in [0, 0.05) is 17.2 Å². The van der Waals surface area contributed by atoms with Crippen LogP contribution in [0.3, 0.4) is 0 Å². The Morgan fingerprint density at radius 3 is 2.69 bits per heavy atom. The highest BCUT2D eigenvalue weighted by atomic mass is 16.6. The molecule has 0 amide bonds. The van der Waals surface area contributed by atoms with E-state index < -0.39 is 10.5 Å². The summed E-state index contributed by atoms with van der Waals surface area (Å²) in [6.45, 7) is 1.70. The lowest BCUT2D eigenvalue weighted by Gasteiger charge is -2.42. The van der Waals surface area contributed by atoms with Crippen molar-refractivity contribution in [2.75, 3.05) is 0 Å². The molecular weight excluding hydrogens is 208 g/mol. The second-order valence-electron chi connectivity index (χ2n) is 4.48. The second kappa shape index (κ2) is 3.54. The van der Waals surface area contributed by atoms with Crippen molar-refractivity contribution >= 4 is 5.69 Å². The maximum absolute atomic E-state index is 10.8. The third-order valence-electron chi connectivity index (χ3n) is 3.18. The van der Waals surface area contributed by atoms with Crippen molar-refractivity contribution in [3.63, 3.8) is 0 Å². The van der Waals surface area contributed by atoms with Gasteiger partial charge in [-0.25, -0.2) is 0 Å². The van der Waals surface area contributed by atoms with E-state index in [2.05, 4.69) is 0 Å². The molecule has 0 aliphatic heterocycles. The minimum absolute atomic E-state index is 0.0868. The van der Waals surface area contributed by atoms with E-state index in [4.69, 9.17) is 5.73 Å². The van der Waals surface area contributed by atoms with E-state index in [1.807, 2.05) is 0 Å². The van der Waals surface area contributed by atoms with Gasteiger partial charge in [-0.15, -0.1) is 0 Å². The zero-order chi connectivity index (χ0) is 11.9. The maximum atomic E-state index is 10.8. The van der Waals surface area contributed by atoms with Gasteiger partial charge in [-0.1, -0.05) is 12.1 Å². The van der Waals surface area contributed by atoms with E-state index in [1.54, 1.807) is 19.1 Å². The molecule has 0 unspecified atom stereocenters. The Hall–Kier alpha value is -1.46. The number of aliphatic hydroxyl groups is 1. The van der Waals surface area contributed by atoms with Crippen LogP contribution in [0, 0.1) is 17.0 Å². The highest BCUT2D eigenvalue weighted by Crippen LogP contribution is 2.40. The van der Waals surface area contributed by atoms with Crippen LogP contribution in [0.2, 0.25) is 0 Å². The van der Waals surface area contributed by atoms with Crippen LogP contribution in [-0.2, 0) is 5.54 Å². The first-order chi connectivity index (χ1) is 7.42. The van der Waals surface area contributed by atoms with Gasteiger partial charge in [-0.3, -0.25) is 10.1 Å². The van der Waals surface area contributed by atoms with Crippen molar-refractivity contribution < 1.29 is 10.0 Å². The molecule has 1 aromatic carbocycles. The molecule has 5 heteroatoms. The highest BCUT2D eigenvalue weighted by molar-refractivity contribution is 5.45. The molecule has 0 bridgehead atoms. The highest BCUT2D eigenvalue weighted by Gasteiger charge is 2.42. The Balaban J connectivity index is 2.37. The number of aryl methyl sites for hydroxylation is 1. The summed E-state index contributed by atoms with van der Waals surface area (Å²) in [6.07, 6.45) is 0.547. The van der Waals surface area contributed by atoms with Crippen LogP contribution in [0.15, 0.2) is 18.2 Å². The summed E-state index contributed by atoms with van der Waals surface area (Å²) in [5.41, 5.74) is 6.89. The Morgan fingerprint density at radius 1 is 1.56 bits per heavy atom. The smallest absolute Gasteiger partial charge is 0.272 e. The van der Waals surface area contributed by atoms with E-state index in [0.29, 0.717) is 18.4 Å². The largest absolute Gasteiger partial charge is 0.393 e. The zero-order valence-electron chi connectivity index (χ0n) is 9.01. The molecule has 86 valence electrons. The third kappa shape index (κ3) is 1.68. The summed E-state index contributed by atoms with van der Waals surface area (Å²) in [7, 11) is 0. The molecule has 1 fully saturated rings. The summed E-state index contributed by atoms with van der Waals surface area (Å²) in [6, 6.07) is 5.02. The van der Waals surface area contributed by atoms with E-state index in [0.717, 1.165) is 5.56 Å². The Morgan fingerprint density at radius 2 is 2.19 bits per heavy atom. The summed E-state index contributed by atoms with van der Waals surface area (Å²) >= 11 is 0. The minimum Gasteiger partial charge on any atom is -0.393 e. The van der Waals surface area contributed by atoms with Crippen LogP contribution in [0.25, 0.3) is 0 Å². The predicted octanol–water partition coefficient (Wildman–Crippen LogP) is 1.21. The Kier molecular flexibility index (Phi) is 2.44. The fourth-order valence-electron chi connectivity index (χ4n) is 2.13. The zero-order valence-corrected chi connectivity index (χ0v) is 9.01. The number of nitro benzene ring substituents is 1. The van der Waals surface area contributed by atoms with E-state index >= 15 is 0 Å². The Bertz CT molecular complexity index is 439. The van der Waals surface area contributed by atoms with Gasteiger partial charge < -0.3 is 10.8 Å². The molecule has 1 saturated carbocycles. The third-order valence-corrected chi connectivity index (χ3v) is 3.18. The summed E-state index contributed by atoms with van der Waals surface area (Å²) in [5, 5.41) is 20.1. The van der Waals surface area contributed by atoms with Crippen molar-refractivity contribution in [3.8, 4) is 0 Å². The van der Waals surface area contributed by atoms with E-state index in [9.17, 15) is 15.2 Å². The molecule has 1 aliphatic rings. The van der Waals surface area contributed by atoms with E-state index in [-0.39, 0.29) is 11.8 Å². The molecule has 0 radical (unpaired) electrons.